The van der Waals surface area contributed by atoms with Crippen molar-refractivity contribution in [1.82, 2.24) is 10.2 Å². The third-order valence-corrected chi connectivity index (χ3v) is 6.07. The van der Waals surface area contributed by atoms with Crippen molar-refractivity contribution in [3.8, 4) is 0 Å². The monoisotopic (exact) mass is 411 g/mol. The van der Waals surface area contributed by atoms with Crippen molar-refractivity contribution < 1.29 is 13.9 Å². The molecule has 0 fully saturated rings. The highest BCUT2D eigenvalue weighted by molar-refractivity contribution is 8.00. The number of nitrogens with zero attached hydrogens (tertiary/aromatic N) is 2. The van der Waals surface area contributed by atoms with E-state index in [0.29, 0.717) is 10.7 Å². The lowest BCUT2D eigenvalue weighted by molar-refractivity contribution is 0.0992. The van der Waals surface area contributed by atoms with Gasteiger partial charge in [0.1, 0.15) is 5.58 Å². The van der Waals surface area contributed by atoms with Gasteiger partial charge in [-0.15, -0.1) is 10.2 Å². The highest BCUT2D eigenvalue weighted by atomic mass is 32.2. The average molecular weight is 412 g/mol. The Morgan fingerprint density at radius 1 is 1.14 bits per heavy atom. The van der Waals surface area contributed by atoms with Gasteiger partial charge in [0, 0.05) is 23.8 Å². The van der Waals surface area contributed by atoms with E-state index in [0.717, 1.165) is 21.0 Å². The third kappa shape index (κ3) is 4.09. The number of benzene rings is 2. The first-order valence-corrected chi connectivity index (χ1v) is 10.4. The predicted octanol–water partition coefficient (Wildman–Crippen LogP) is 4.98. The zero-order valence-electron chi connectivity index (χ0n) is 15.0. The molecule has 28 heavy (non-hydrogen) atoms. The number of hydrogen-bond donors (Lipinski definition) is 1. The third-order valence-electron chi connectivity index (χ3n) is 4.03. The van der Waals surface area contributed by atoms with Crippen LogP contribution in [0.25, 0.3) is 11.0 Å². The summed E-state index contributed by atoms with van der Waals surface area (Å²) in [6.07, 6.45) is 0. The second-order valence-electron chi connectivity index (χ2n) is 5.94. The van der Waals surface area contributed by atoms with Crippen molar-refractivity contribution in [3.63, 3.8) is 0 Å². The fourth-order valence-electron chi connectivity index (χ4n) is 2.76. The molecule has 0 spiro atoms. The summed E-state index contributed by atoms with van der Waals surface area (Å²) in [7, 11) is 1.59. The normalized spacial score (nSPS) is 11.0. The molecule has 1 N–H and O–H groups in total. The number of methoxy groups -OCH3 is 1. The Hall–Kier alpha value is -2.68. The number of carbonyl (C=O) groups is 1. The predicted molar refractivity (Wildman–Crippen MR) is 111 cm³/mol. The number of furan rings is 1. The van der Waals surface area contributed by atoms with Crippen LogP contribution in [0.5, 0.6) is 0 Å². The summed E-state index contributed by atoms with van der Waals surface area (Å²) in [6, 6.07) is 17.6. The summed E-state index contributed by atoms with van der Waals surface area (Å²) in [6.45, 7) is 0.286. The highest BCUT2D eigenvalue weighted by Gasteiger charge is 2.21. The quantitative estimate of drug-likeness (QED) is 0.342. The Morgan fingerprint density at radius 3 is 2.75 bits per heavy atom. The summed E-state index contributed by atoms with van der Waals surface area (Å²) >= 11 is 2.92. The van der Waals surface area contributed by atoms with E-state index in [2.05, 4.69) is 27.6 Å². The van der Waals surface area contributed by atoms with Gasteiger partial charge in [-0.1, -0.05) is 71.6 Å². The summed E-state index contributed by atoms with van der Waals surface area (Å²) in [5.41, 5.74) is 2.58. The largest absolute Gasteiger partial charge is 0.451 e. The highest BCUT2D eigenvalue weighted by Crippen LogP contribution is 2.30. The molecule has 4 rings (SSSR count). The van der Waals surface area contributed by atoms with Crippen LogP contribution in [0.1, 0.15) is 21.7 Å². The number of ether oxygens (including phenoxy) is 1. The van der Waals surface area contributed by atoms with E-state index in [4.69, 9.17) is 9.15 Å². The minimum Gasteiger partial charge on any atom is -0.451 e. The van der Waals surface area contributed by atoms with Crippen molar-refractivity contribution >= 4 is 45.1 Å². The lowest BCUT2D eigenvalue weighted by atomic mass is 10.1. The number of nitrogens with one attached hydrogen (secondary N) is 1. The molecule has 2 heterocycles. The van der Waals surface area contributed by atoms with Crippen molar-refractivity contribution in [3.05, 3.63) is 71.5 Å². The molecule has 0 aliphatic heterocycles. The van der Waals surface area contributed by atoms with Crippen LogP contribution in [0.2, 0.25) is 0 Å². The van der Waals surface area contributed by atoms with Gasteiger partial charge in [0.25, 0.3) is 5.91 Å². The van der Waals surface area contributed by atoms with Crippen LogP contribution in [0.3, 0.4) is 0 Å². The fourth-order valence-corrected chi connectivity index (χ4v) is 4.46. The van der Waals surface area contributed by atoms with E-state index in [1.54, 1.807) is 18.9 Å². The molecule has 0 aliphatic carbocycles. The first-order valence-electron chi connectivity index (χ1n) is 8.55. The van der Waals surface area contributed by atoms with Gasteiger partial charge in [-0.25, -0.2) is 0 Å². The molecule has 0 bridgehead atoms. The lowest BCUT2D eigenvalue weighted by Gasteiger charge is -2.01. The van der Waals surface area contributed by atoms with Crippen LogP contribution < -0.4 is 5.32 Å². The topological polar surface area (TPSA) is 77.2 Å². The minimum atomic E-state index is -0.362. The van der Waals surface area contributed by atoms with E-state index in [-0.39, 0.29) is 18.3 Å². The molecular weight excluding hydrogens is 394 g/mol. The maximum Gasteiger partial charge on any atom is 0.293 e. The Balaban J connectivity index is 1.48. The number of aromatic nitrogens is 2. The van der Waals surface area contributed by atoms with Gasteiger partial charge in [-0.05, 0) is 11.6 Å². The van der Waals surface area contributed by atoms with Crippen LogP contribution >= 0.6 is 23.1 Å². The van der Waals surface area contributed by atoms with Crippen molar-refractivity contribution in [2.45, 2.75) is 16.7 Å². The Labute approximate surface area is 169 Å². The number of thioether (sulfide) groups is 1. The number of carbonyl (C=O) groups excluding carboxylic acids is 1. The van der Waals surface area contributed by atoms with Gasteiger partial charge < -0.3 is 9.15 Å². The van der Waals surface area contributed by atoms with Crippen molar-refractivity contribution in [2.24, 2.45) is 0 Å². The van der Waals surface area contributed by atoms with Gasteiger partial charge in [-0.3, -0.25) is 10.1 Å². The summed E-state index contributed by atoms with van der Waals surface area (Å²) in [4.78, 5) is 12.7. The Bertz CT molecular complexity index is 1090. The molecule has 0 saturated carbocycles. The zero-order chi connectivity index (χ0) is 19.3. The van der Waals surface area contributed by atoms with Gasteiger partial charge >= 0.3 is 0 Å². The van der Waals surface area contributed by atoms with E-state index in [1.165, 1.54) is 16.9 Å². The molecule has 2 aromatic heterocycles. The molecule has 142 valence electrons. The summed E-state index contributed by atoms with van der Waals surface area (Å²) in [5, 5.41) is 12.3. The fraction of sp³-hybridized carbons (Fsp3) is 0.150. The number of fused-ring (bicyclic) bond motifs is 1. The SMILES string of the molecule is COCc1c(C(=O)Nc2nnc(SCc3ccccc3)s2)oc2ccccc12. The standard InChI is InChI=1S/C20H17N3O3S2/c1-25-11-15-14-9-5-6-10-16(14)26-17(15)18(24)21-19-22-23-20(28-19)27-12-13-7-3-2-4-8-13/h2-10H,11-12H2,1H3,(H,21,22,24). The van der Waals surface area contributed by atoms with Crippen LogP contribution in [0.15, 0.2) is 63.4 Å². The molecule has 6 nitrogen and oxygen atoms in total. The Kier molecular flexibility index (Phi) is 5.70. The van der Waals surface area contributed by atoms with E-state index in [1.807, 2.05) is 42.5 Å². The number of para-hydroxylation sites is 1. The zero-order valence-corrected chi connectivity index (χ0v) is 16.7. The molecule has 4 aromatic rings. The maximum absolute atomic E-state index is 12.7. The number of anilines is 1. The average Bonchev–Trinajstić information content (AvgIpc) is 3.32. The number of hydrogen-bond acceptors (Lipinski definition) is 7. The van der Waals surface area contributed by atoms with Gasteiger partial charge in [0.2, 0.25) is 5.13 Å². The molecule has 2 aromatic carbocycles. The smallest absolute Gasteiger partial charge is 0.293 e. The molecule has 0 atom stereocenters. The van der Waals surface area contributed by atoms with Gasteiger partial charge in [-0.2, -0.15) is 0 Å². The minimum absolute atomic E-state index is 0.233. The Morgan fingerprint density at radius 2 is 1.93 bits per heavy atom. The summed E-state index contributed by atoms with van der Waals surface area (Å²) < 4.78 is 11.8. The first kappa shape index (κ1) is 18.7. The molecule has 0 saturated heterocycles. The molecular formula is C20H17N3O3S2. The molecule has 1 amide bonds. The number of amides is 1. The van der Waals surface area contributed by atoms with Crippen molar-refractivity contribution in [1.29, 1.82) is 0 Å². The van der Waals surface area contributed by atoms with Crippen LogP contribution in [0.4, 0.5) is 5.13 Å². The molecule has 0 aliphatic rings. The van der Waals surface area contributed by atoms with E-state index < -0.39 is 0 Å². The van der Waals surface area contributed by atoms with Crippen molar-refractivity contribution in [2.75, 3.05) is 12.4 Å². The van der Waals surface area contributed by atoms with Crippen LogP contribution in [0, 0.1) is 0 Å². The molecule has 8 heteroatoms. The van der Waals surface area contributed by atoms with Crippen LogP contribution in [-0.4, -0.2) is 23.2 Å². The molecule has 0 unspecified atom stereocenters. The van der Waals surface area contributed by atoms with Crippen LogP contribution in [-0.2, 0) is 17.1 Å². The maximum atomic E-state index is 12.7. The summed E-state index contributed by atoms with van der Waals surface area (Å²) in [5.74, 6) is 0.668. The molecule has 0 radical (unpaired) electrons. The first-order chi connectivity index (χ1) is 13.7. The van der Waals surface area contributed by atoms with E-state index >= 15 is 0 Å². The second-order valence-corrected chi connectivity index (χ2v) is 8.14. The lowest BCUT2D eigenvalue weighted by Crippen LogP contribution is -2.13. The van der Waals surface area contributed by atoms with Gasteiger partial charge in [0.15, 0.2) is 10.1 Å². The second kappa shape index (κ2) is 8.55. The van der Waals surface area contributed by atoms with E-state index in [9.17, 15) is 4.79 Å². The number of rotatable bonds is 7. The van der Waals surface area contributed by atoms with Gasteiger partial charge in [0.05, 0.1) is 6.61 Å².